The molecule has 1 saturated heterocycles. The lowest BCUT2D eigenvalue weighted by molar-refractivity contribution is -0.120. The van der Waals surface area contributed by atoms with E-state index < -0.39 is 0 Å². The third kappa shape index (κ3) is 1.43. The van der Waals surface area contributed by atoms with Crippen molar-refractivity contribution >= 4 is 18.3 Å². The molecule has 2 rings (SSSR count). The van der Waals surface area contributed by atoms with Crippen LogP contribution in [0.4, 0.5) is 0 Å². The number of nitrogens with two attached hydrogens (primary N) is 1. The molecule has 4 heteroatoms. The van der Waals surface area contributed by atoms with Crippen molar-refractivity contribution in [2.24, 2.45) is 17.6 Å². The van der Waals surface area contributed by atoms with Crippen molar-refractivity contribution in [1.29, 1.82) is 0 Å². The van der Waals surface area contributed by atoms with Crippen LogP contribution in [0, 0.1) is 11.8 Å². The molecular weight excluding hydrogens is 176 g/mol. The second-order valence-electron chi connectivity index (χ2n) is 3.64. The molecule has 1 aliphatic heterocycles. The van der Waals surface area contributed by atoms with E-state index in [2.05, 4.69) is 5.32 Å². The van der Waals surface area contributed by atoms with Crippen LogP contribution in [0.15, 0.2) is 0 Å². The third-order valence-corrected chi connectivity index (χ3v) is 3.05. The minimum absolute atomic E-state index is 0. The highest BCUT2D eigenvalue weighted by molar-refractivity contribution is 5.85. The zero-order valence-electron chi connectivity index (χ0n) is 6.95. The van der Waals surface area contributed by atoms with Crippen molar-refractivity contribution in [2.75, 3.05) is 6.54 Å². The highest BCUT2D eigenvalue weighted by Crippen LogP contribution is 2.37. The topological polar surface area (TPSA) is 55.1 Å². The van der Waals surface area contributed by atoms with Gasteiger partial charge in [-0.3, -0.25) is 4.79 Å². The molecule has 3 unspecified atom stereocenters. The fraction of sp³-hybridized carbons (Fsp3) is 0.875. The van der Waals surface area contributed by atoms with E-state index in [4.69, 9.17) is 5.73 Å². The standard InChI is InChI=1S/C8H14N2O.ClH/c9-8(11)7-6-3-1-2-5(6)4-10-7;/h5-7,10H,1-4H2,(H2,9,11);1H. The van der Waals surface area contributed by atoms with Crippen LogP contribution < -0.4 is 11.1 Å². The van der Waals surface area contributed by atoms with Crippen molar-refractivity contribution in [2.45, 2.75) is 25.3 Å². The molecular formula is C8H15ClN2O. The number of hydrogen-bond acceptors (Lipinski definition) is 2. The van der Waals surface area contributed by atoms with Gasteiger partial charge in [0, 0.05) is 0 Å². The van der Waals surface area contributed by atoms with E-state index in [-0.39, 0.29) is 24.4 Å². The largest absolute Gasteiger partial charge is 0.368 e. The van der Waals surface area contributed by atoms with Crippen molar-refractivity contribution < 1.29 is 4.79 Å². The van der Waals surface area contributed by atoms with Crippen LogP contribution in [0.1, 0.15) is 19.3 Å². The monoisotopic (exact) mass is 190 g/mol. The Morgan fingerprint density at radius 1 is 1.42 bits per heavy atom. The van der Waals surface area contributed by atoms with Crippen LogP contribution in [-0.4, -0.2) is 18.5 Å². The molecule has 1 aliphatic carbocycles. The normalized spacial score (nSPS) is 38.8. The average Bonchev–Trinajstić information content (AvgIpc) is 2.41. The van der Waals surface area contributed by atoms with Gasteiger partial charge in [0.05, 0.1) is 6.04 Å². The summed E-state index contributed by atoms with van der Waals surface area (Å²) in [4.78, 5) is 10.9. The van der Waals surface area contributed by atoms with Crippen molar-refractivity contribution in [3.05, 3.63) is 0 Å². The Labute approximate surface area is 78.5 Å². The number of primary amides is 1. The first-order chi connectivity index (χ1) is 5.29. The number of amides is 1. The quantitative estimate of drug-likeness (QED) is 0.624. The van der Waals surface area contributed by atoms with E-state index in [1.165, 1.54) is 19.3 Å². The lowest BCUT2D eigenvalue weighted by Gasteiger charge is -2.13. The smallest absolute Gasteiger partial charge is 0.234 e. The Morgan fingerprint density at radius 2 is 2.17 bits per heavy atom. The SMILES string of the molecule is Cl.NC(=O)C1NCC2CCCC21. The molecule has 70 valence electrons. The minimum Gasteiger partial charge on any atom is -0.368 e. The van der Waals surface area contributed by atoms with E-state index in [0.717, 1.165) is 12.5 Å². The molecule has 0 aromatic rings. The van der Waals surface area contributed by atoms with Crippen LogP contribution >= 0.6 is 12.4 Å². The van der Waals surface area contributed by atoms with Gasteiger partial charge in [0.15, 0.2) is 0 Å². The van der Waals surface area contributed by atoms with E-state index in [1.807, 2.05) is 0 Å². The molecule has 0 spiro atoms. The van der Waals surface area contributed by atoms with Crippen LogP contribution in [-0.2, 0) is 4.79 Å². The molecule has 3 N–H and O–H groups in total. The number of halogens is 1. The van der Waals surface area contributed by atoms with Gasteiger partial charge >= 0.3 is 0 Å². The molecule has 2 fully saturated rings. The summed E-state index contributed by atoms with van der Waals surface area (Å²) in [5.41, 5.74) is 5.25. The van der Waals surface area contributed by atoms with Crippen LogP contribution in [0.3, 0.4) is 0 Å². The fourth-order valence-corrected chi connectivity index (χ4v) is 2.50. The van der Waals surface area contributed by atoms with Gasteiger partial charge < -0.3 is 11.1 Å². The highest BCUT2D eigenvalue weighted by atomic mass is 35.5. The summed E-state index contributed by atoms with van der Waals surface area (Å²) in [6, 6.07) is -0.0255. The summed E-state index contributed by atoms with van der Waals surface area (Å²) in [5, 5.41) is 3.18. The first kappa shape index (κ1) is 9.81. The van der Waals surface area contributed by atoms with E-state index in [0.29, 0.717) is 5.92 Å². The number of fused-ring (bicyclic) bond motifs is 1. The van der Waals surface area contributed by atoms with E-state index >= 15 is 0 Å². The zero-order chi connectivity index (χ0) is 7.84. The van der Waals surface area contributed by atoms with Gasteiger partial charge in [0.2, 0.25) is 5.91 Å². The number of carbonyl (C=O) groups excluding carboxylic acids is 1. The summed E-state index contributed by atoms with van der Waals surface area (Å²) >= 11 is 0. The Bertz CT molecular complexity index is 186. The van der Waals surface area contributed by atoms with E-state index in [9.17, 15) is 4.79 Å². The molecule has 0 bridgehead atoms. The summed E-state index contributed by atoms with van der Waals surface area (Å²) in [6.07, 6.45) is 3.74. The van der Waals surface area contributed by atoms with Crippen LogP contribution in [0.2, 0.25) is 0 Å². The Morgan fingerprint density at radius 3 is 2.83 bits per heavy atom. The average molecular weight is 191 g/mol. The Hall–Kier alpha value is -0.280. The van der Waals surface area contributed by atoms with Gasteiger partial charge in [-0.25, -0.2) is 0 Å². The molecule has 3 nitrogen and oxygen atoms in total. The van der Waals surface area contributed by atoms with Crippen molar-refractivity contribution in [3.63, 3.8) is 0 Å². The third-order valence-electron chi connectivity index (χ3n) is 3.05. The van der Waals surface area contributed by atoms with Gasteiger partial charge in [0.1, 0.15) is 0 Å². The van der Waals surface area contributed by atoms with Gasteiger partial charge in [-0.15, -0.1) is 12.4 Å². The van der Waals surface area contributed by atoms with Gasteiger partial charge in [-0.1, -0.05) is 6.42 Å². The Balaban J connectivity index is 0.000000720. The molecule has 1 heterocycles. The molecule has 12 heavy (non-hydrogen) atoms. The first-order valence-electron chi connectivity index (χ1n) is 4.32. The number of rotatable bonds is 1. The number of hydrogen-bond donors (Lipinski definition) is 2. The lowest BCUT2D eigenvalue weighted by Crippen LogP contribution is -2.40. The van der Waals surface area contributed by atoms with Gasteiger partial charge in [0.25, 0.3) is 0 Å². The molecule has 3 atom stereocenters. The fourth-order valence-electron chi connectivity index (χ4n) is 2.50. The summed E-state index contributed by atoms with van der Waals surface area (Å²) in [5.74, 6) is 1.11. The van der Waals surface area contributed by atoms with Crippen molar-refractivity contribution in [1.82, 2.24) is 5.32 Å². The maximum absolute atomic E-state index is 10.9. The predicted molar refractivity (Wildman–Crippen MR) is 49.1 cm³/mol. The van der Waals surface area contributed by atoms with Gasteiger partial charge in [-0.05, 0) is 31.2 Å². The zero-order valence-corrected chi connectivity index (χ0v) is 7.77. The molecule has 0 aromatic carbocycles. The van der Waals surface area contributed by atoms with Crippen molar-refractivity contribution in [3.8, 4) is 0 Å². The lowest BCUT2D eigenvalue weighted by atomic mass is 9.94. The molecule has 0 aromatic heterocycles. The van der Waals surface area contributed by atoms with Crippen LogP contribution in [0.25, 0.3) is 0 Å². The summed E-state index contributed by atoms with van der Waals surface area (Å²) in [6.45, 7) is 0.998. The maximum Gasteiger partial charge on any atom is 0.234 e. The first-order valence-corrected chi connectivity index (χ1v) is 4.32. The second-order valence-corrected chi connectivity index (χ2v) is 3.64. The molecule has 2 aliphatic rings. The summed E-state index contributed by atoms with van der Waals surface area (Å²) in [7, 11) is 0. The van der Waals surface area contributed by atoms with Crippen LogP contribution in [0.5, 0.6) is 0 Å². The number of nitrogens with one attached hydrogen (secondary N) is 1. The molecule has 1 saturated carbocycles. The van der Waals surface area contributed by atoms with E-state index in [1.54, 1.807) is 0 Å². The molecule has 1 amide bonds. The summed E-state index contributed by atoms with van der Waals surface area (Å²) < 4.78 is 0. The highest BCUT2D eigenvalue weighted by Gasteiger charge is 2.41. The number of carbonyl (C=O) groups is 1. The Kier molecular flexibility index (Phi) is 2.96. The predicted octanol–water partition coefficient (Wildman–Crippen LogP) is 0.282. The van der Waals surface area contributed by atoms with Gasteiger partial charge in [-0.2, -0.15) is 0 Å². The maximum atomic E-state index is 10.9. The molecule has 0 radical (unpaired) electrons. The second kappa shape index (κ2) is 3.62. The minimum atomic E-state index is -0.167.